The number of likely N-dealkylation sites (N-methyl/N-ethyl adjacent to an activating group) is 2. The minimum absolute atomic E-state index is 0.0347. The molecular formula is C36H41Cl2F2N5O9S. The topological polar surface area (TPSA) is 162 Å². The van der Waals surface area contributed by atoms with Crippen LogP contribution in [0.3, 0.4) is 0 Å². The molecule has 14 nitrogen and oxygen atoms in total. The van der Waals surface area contributed by atoms with Crippen molar-refractivity contribution in [3.05, 3.63) is 86.3 Å². The van der Waals surface area contributed by atoms with Gasteiger partial charge in [0.25, 0.3) is 11.8 Å². The van der Waals surface area contributed by atoms with Crippen molar-refractivity contribution in [2.75, 3.05) is 64.4 Å². The van der Waals surface area contributed by atoms with E-state index in [1.165, 1.54) is 36.4 Å². The lowest BCUT2D eigenvalue weighted by Crippen LogP contribution is -2.36. The van der Waals surface area contributed by atoms with Gasteiger partial charge in [-0.05, 0) is 88.8 Å². The number of esters is 1. The number of aromatic nitrogens is 1. The van der Waals surface area contributed by atoms with Crippen LogP contribution in [0.5, 0.6) is 11.5 Å². The summed E-state index contributed by atoms with van der Waals surface area (Å²) in [5, 5.41) is 11.8. The molecule has 19 heteroatoms. The van der Waals surface area contributed by atoms with E-state index in [9.17, 15) is 36.8 Å². The zero-order valence-corrected chi connectivity index (χ0v) is 32.6. The van der Waals surface area contributed by atoms with Crippen LogP contribution in [0.2, 0.25) is 10.0 Å². The van der Waals surface area contributed by atoms with E-state index >= 15 is 0 Å². The standard InChI is InChI=1S/C36H41Cl2F2N5O9S/c1-42(2)12-13-43(3)11-4-14-55(50,51)41-24-8-9-25-26(16-24)35(48)45(34(25)47)20-33(46)53-31(17-27-28(37)18-44(49)19-29(27)38)23-7-10-30(54-36(39)40)32(15-23)52-21-22-5-6-22/h7-10,15-16,18-19,22,31,36,41H,4-6,11-14,17,20-21H2,1-3H3/t31-/m0/s1. The maximum Gasteiger partial charge on any atom is 0.387 e. The summed E-state index contributed by atoms with van der Waals surface area (Å²) in [6.07, 6.45) is 2.84. The van der Waals surface area contributed by atoms with Crippen molar-refractivity contribution in [2.24, 2.45) is 5.92 Å². The predicted molar refractivity (Wildman–Crippen MR) is 199 cm³/mol. The molecule has 1 N–H and O–H groups in total. The fourth-order valence-corrected chi connectivity index (χ4v) is 7.42. The normalized spacial score (nSPS) is 14.8. The van der Waals surface area contributed by atoms with Crippen LogP contribution < -0.4 is 18.9 Å². The van der Waals surface area contributed by atoms with Gasteiger partial charge in [-0.2, -0.15) is 13.5 Å². The van der Waals surface area contributed by atoms with E-state index in [1.807, 2.05) is 30.9 Å². The third kappa shape index (κ3) is 11.6. The van der Waals surface area contributed by atoms with Gasteiger partial charge in [0, 0.05) is 30.8 Å². The molecule has 2 aliphatic rings. The summed E-state index contributed by atoms with van der Waals surface area (Å²) in [5.41, 5.74) is 0.375. The fourth-order valence-electron chi connectivity index (χ4n) is 5.72. The van der Waals surface area contributed by atoms with Crippen molar-refractivity contribution in [1.29, 1.82) is 0 Å². The summed E-state index contributed by atoms with van der Waals surface area (Å²) in [4.78, 5) is 45.0. The number of nitrogens with one attached hydrogen (secondary N) is 1. The summed E-state index contributed by atoms with van der Waals surface area (Å²) in [5.74, 6) is -2.89. The van der Waals surface area contributed by atoms with Gasteiger partial charge in [0.15, 0.2) is 23.9 Å². The number of hydrogen-bond acceptors (Lipinski definition) is 11. The van der Waals surface area contributed by atoms with Crippen molar-refractivity contribution in [3.63, 3.8) is 0 Å². The Labute approximate surface area is 327 Å². The third-order valence-corrected chi connectivity index (χ3v) is 10.9. The van der Waals surface area contributed by atoms with E-state index in [0.29, 0.717) is 22.6 Å². The summed E-state index contributed by atoms with van der Waals surface area (Å²) < 4.78 is 71.1. The molecule has 1 fully saturated rings. The average molecular weight is 829 g/mol. The van der Waals surface area contributed by atoms with E-state index in [1.54, 1.807) is 0 Å². The second kappa shape index (κ2) is 18.1. The zero-order valence-electron chi connectivity index (χ0n) is 30.3. The largest absolute Gasteiger partial charge is 0.619 e. The van der Waals surface area contributed by atoms with Crippen LogP contribution in [0.15, 0.2) is 48.8 Å². The van der Waals surface area contributed by atoms with Gasteiger partial charge >= 0.3 is 12.6 Å². The van der Waals surface area contributed by atoms with E-state index < -0.39 is 47.1 Å². The van der Waals surface area contributed by atoms with Crippen LogP contribution in [0.1, 0.15) is 57.2 Å². The number of nitrogens with zero attached hydrogens (tertiary/aromatic N) is 4. The highest BCUT2D eigenvalue weighted by molar-refractivity contribution is 7.92. The van der Waals surface area contributed by atoms with Gasteiger partial charge < -0.3 is 29.2 Å². The van der Waals surface area contributed by atoms with Crippen LogP contribution >= 0.6 is 23.2 Å². The highest BCUT2D eigenvalue weighted by Gasteiger charge is 2.38. The first-order valence-corrected chi connectivity index (χ1v) is 19.7. The molecule has 298 valence electrons. The van der Waals surface area contributed by atoms with Crippen molar-refractivity contribution in [3.8, 4) is 11.5 Å². The number of halogens is 4. The van der Waals surface area contributed by atoms with E-state index in [4.69, 9.17) is 32.7 Å². The SMILES string of the molecule is CN(C)CCN(C)CCCS(=O)(=O)Nc1ccc2c(c1)C(=O)N(CC(=O)O[C@@H](Cc1c(Cl)c[n+]([O-])cc1Cl)c1ccc(OC(F)F)c(OCC3CC3)c1)C2=O. The van der Waals surface area contributed by atoms with Crippen LogP contribution in [-0.2, 0) is 26.0 Å². The minimum Gasteiger partial charge on any atom is -0.619 e. The second-order valence-corrected chi connectivity index (χ2v) is 16.3. The van der Waals surface area contributed by atoms with Gasteiger partial charge in [-0.25, -0.2) is 8.42 Å². The van der Waals surface area contributed by atoms with Crippen LogP contribution in [0, 0.1) is 11.1 Å². The Morgan fingerprint density at radius 3 is 2.35 bits per heavy atom. The summed E-state index contributed by atoms with van der Waals surface area (Å²) in [6, 6.07) is 7.84. The van der Waals surface area contributed by atoms with Crippen molar-refractivity contribution in [1.82, 2.24) is 14.7 Å². The molecule has 0 radical (unpaired) electrons. The van der Waals surface area contributed by atoms with Gasteiger partial charge in [-0.3, -0.25) is 24.0 Å². The van der Waals surface area contributed by atoms with E-state index in [-0.39, 0.29) is 74.2 Å². The van der Waals surface area contributed by atoms with Crippen molar-refractivity contribution >= 4 is 56.7 Å². The lowest BCUT2D eigenvalue weighted by atomic mass is 10.0. The molecule has 2 heterocycles. The number of pyridine rings is 1. The molecule has 1 aromatic heterocycles. The van der Waals surface area contributed by atoms with Crippen molar-refractivity contribution in [2.45, 2.75) is 38.4 Å². The van der Waals surface area contributed by atoms with Crippen LogP contribution in [0.25, 0.3) is 0 Å². The van der Waals surface area contributed by atoms with Crippen LogP contribution in [0.4, 0.5) is 14.5 Å². The molecule has 55 heavy (non-hydrogen) atoms. The molecule has 3 aromatic rings. The van der Waals surface area contributed by atoms with E-state index in [0.717, 1.165) is 38.3 Å². The first kappa shape index (κ1) is 41.9. The molecule has 0 spiro atoms. The molecule has 0 saturated heterocycles. The third-order valence-electron chi connectivity index (χ3n) is 8.86. The molecule has 2 aromatic carbocycles. The molecule has 5 rings (SSSR count). The highest BCUT2D eigenvalue weighted by Crippen LogP contribution is 2.38. The maximum atomic E-state index is 13.5. The predicted octanol–water partition coefficient (Wildman–Crippen LogP) is 4.77. The first-order chi connectivity index (χ1) is 26.0. The Balaban J connectivity index is 1.31. The number of carbonyl (C=O) groups is 3. The molecule has 1 atom stereocenters. The van der Waals surface area contributed by atoms with Gasteiger partial charge in [-0.15, -0.1) is 0 Å². The Morgan fingerprint density at radius 2 is 1.69 bits per heavy atom. The lowest BCUT2D eigenvalue weighted by molar-refractivity contribution is -0.605. The number of rotatable bonds is 20. The molecule has 1 saturated carbocycles. The number of amides is 2. The number of imide groups is 1. The van der Waals surface area contributed by atoms with E-state index in [2.05, 4.69) is 9.46 Å². The fraction of sp³-hybridized carbons (Fsp3) is 0.444. The number of sulfonamides is 1. The molecule has 1 aliphatic carbocycles. The number of carbonyl (C=O) groups excluding carboxylic acids is 3. The first-order valence-electron chi connectivity index (χ1n) is 17.3. The molecule has 0 bridgehead atoms. The number of hydrogen-bond donors (Lipinski definition) is 1. The summed E-state index contributed by atoms with van der Waals surface area (Å²) in [6.45, 7) is -1.59. The quantitative estimate of drug-likeness (QED) is 0.0724. The summed E-state index contributed by atoms with van der Waals surface area (Å²) in [7, 11) is 2.01. The molecule has 2 amide bonds. The minimum atomic E-state index is -3.80. The lowest BCUT2D eigenvalue weighted by Gasteiger charge is -2.22. The maximum absolute atomic E-state index is 13.5. The molecule has 1 aliphatic heterocycles. The second-order valence-electron chi connectivity index (χ2n) is 13.7. The molecular weight excluding hydrogens is 787 g/mol. The van der Waals surface area contributed by atoms with Crippen LogP contribution in [-0.4, -0.2) is 107 Å². The number of ether oxygens (including phenoxy) is 3. The van der Waals surface area contributed by atoms with Gasteiger partial charge in [0.05, 0.1) is 23.5 Å². The zero-order chi connectivity index (χ0) is 40.0. The van der Waals surface area contributed by atoms with Gasteiger partial charge in [0.1, 0.15) is 22.7 Å². The monoisotopic (exact) mass is 827 g/mol. The Hall–Kier alpha value is -4.29. The smallest absolute Gasteiger partial charge is 0.387 e. The Bertz CT molecular complexity index is 2000. The number of anilines is 1. The van der Waals surface area contributed by atoms with Crippen molar-refractivity contribution < 1.29 is 50.5 Å². The number of benzene rings is 2. The van der Waals surface area contributed by atoms with Gasteiger partial charge in [0.2, 0.25) is 10.0 Å². The van der Waals surface area contributed by atoms with Gasteiger partial charge in [-0.1, -0.05) is 29.3 Å². The number of fused-ring (bicyclic) bond motifs is 1. The number of alkyl halides is 2. The molecule has 0 unspecified atom stereocenters. The summed E-state index contributed by atoms with van der Waals surface area (Å²) >= 11 is 12.7. The average Bonchev–Trinajstić information content (AvgIpc) is 3.90. The Kier molecular flexibility index (Phi) is 13.8. The highest BCUT2D eigenvalue weighted by atomic mass is 35.5. The Morgan fingerprint density at radius 1 is 1.00 bits per heavy atom.